The number of ether oxygens (including phenoxy) is 1. The molecule has 1 aromatic heterocycles. The maximum atomic E-state index is 13.3. The molecular weight excluding hydrogens is 357 g/mol. The Bertz CT molecular complexity index is 1000. The van der Waals surface area contributed by atoms with Gasteiger partial charge < -0.3 is 14.6 Å². The van der Waals surface area contributed by atoms with Crippen LogP contribution in [0.15, 0.2) is 53.1 Å². The van der Waals surface area contributed by atoms with E-state index in [1.807, 2.05) is 6.07 Å². The first-order valence-electron chi connectivity index (χ1n) is 7.80. The molecule has 1 amide bonds. The fraction of sp³-hybridized carbons (Fsp3) is 0.111. The molecule has 27 heavy (non-hydrogen) atoms. The Hall–Kier alpha value is -3.75. The summed E-state index contributed by atoms with van der Waals surface area (Å²) in [7, 11) is 1.55. The van der Waals surface area contributed by atoms with Crippen molar-refractivity contribution in [2.24, 2.45) is 0 Å². The fourth-order valence-corrected chi connectivity index (χ4v) is 2.41. The van der Waals surface area contributed by atoms with Crippen molar-refractivity contribution in [3.8, 4) is 17.1 Å². The van der Waals surface area contributed by atoms with E-state index in [1.54, 1.807) is 31.4 Å². The number of halogens is 1. The van der Waals surface area contributed by atoms with Crippen molar-refractivity contribution in [3.63, 3.8) is 0 Å². The number of aromatic nitrogens is 1. The molecule has 3 aromatic rings. The van der Waals surface area contributed by atoms with Gasteiger partial charge in [0, 0.05) is 23.4 Å². The zero-order valence-electron chi connectivity index (χ0n) is 14.1. The van der Waals surface area contributed by atoms with Crippen LogP contribution in [-0.4, -0.2) is 23.1 Å². The lowest BCUT2D eigenvalue weighted by Gasteiger charge is -2.04. The van der Waals surface area contributed by atoms with Gasteiger partial charge in [-0.1, -0.05) is 17.3 Å². The second-order valence-electron chi connectivity index (χ2n) is 5.56. The number of hydrogen-bond acceptors (Lipinski definition) is 6. The molecule has 0 radical (unpaired) electrons. The summed E-state index contributed by atoms with van der Waals surface area (Å²) in [5.74, 6) is -0.325. The van der Waals surface area contributed by atoms with Crippen LogP contribution in [-0.2, 0) is 11.2 Å². The molecule has 0 saturated heterocycles. The zero-order chi connectivity index (χ0) is 19.4. The van der Waals surface area contributed by atoms with Crippen molar-refractivity contribution in [2.75, 3.05) is 12.4 Å². The highest BCUT2D eigenvalue weighted by molar-refractivity contribution is 5.92. The molecule has 0 fully saturated rings. The quantitative estimate of drug-likeness (QED) is 0.524. The molecule has 0 spiro atoms. The third-order valence-corrected chi connectivity index (χ3v) is 3.68. The first-order valence-corrected chi connectivity index (χ1v) is 7.80. The number of nitro benzene ring substituents is 1. The van der Waals surface area contributed by atoms with Crippen LogP contribution < -0.4 is 10.1 Å². The first-order chi connectivity index (χ1) is 13.0. The number of rotatable bonds is 6. The molecule has 1 N–H and O–H groups in total. The van der Waals surface area contributed by atoms with Crippen LogP contribution in [0.1, 0.15) is 5.69 Å². The monoisotopic (exact) mass is 371 g/mol. The number of hydrogen-bond donors (Lipinski definition) is 1. The summed E-state index contributed by atoms with van der Waals surface area (Å²) >= 11 is 0. The van der Waals surface area contributed by atoms with Crippen LogP contribution in [0.2, 0.25) is 0 Å². The minimum absolute atomic E-state index is 0.112. The van der Waals surface area contributed by atoms with E-state index in [1.165, 1.54) is 6.07 Å². The number of amides is 1. The minimum Gasteiger partial charge on any atom is -0.497 e. The summed E-state index contributed by atoms with van der Waals surface area (Å²) < 4.78 is 23.7. The summed E-state index contributed by atoms with van der Waals surface area (Å²) in [6.45, 7) is 0. The van der Waals surface area contributed by atoms with Gasteiger partial charge in [0.25, 0.3) is 0 Å². The fourth-order valence-electron chi connectivity index (χ4n) is 2.41. The Morgan fingerprint density at radius 1 is 1.30 bits per heavy atom. The molecule has 0 unspecified atom stereocenters. The molecule has 1 heterocycles. The van der Waals surface area contributed by atoms with Gasteiger partial charge >= 0.3 is 5.69 Å². The molecule has 2 aromatic carbocycles. The number of carbonyl (C=O) groups excluding carboxylic acids is 1. The summed E-state index contributed by atoms with van der Waals surface area (Å²) in [4.78, 5) is 22.0. The van der Waals surface area contributed by atoms with Crippen molar-refractivity contribution >= 4 is 17.3 Å². The largest absolute Gasteiger partial charge is 0.497 e. The van der Waals surface area contributed by atoms with Gasteiger partial charge in [-0.05, 0) is 24.3 Å². The number of nitrogens with one attached hydrogen (secondary N) is 1. The molecule has 0 aliphatic carbocycles. The van der Waals surface area contributed by atoms with Crippen LogP contribution >= 0.6 is 0 Å². The van der Waals surface area contributed by atoms with Gasteiger partial charge in [-0.25, -0.2) is 0 Å². The van der Waals surface area contributed by atoms with Crippen LogP contribution in [0.5, 0.6) is 5.75 Å². The Kier molecular flexibility index (Phi) is 5.11. The predicted molar refractivity (Wildman–Crippen MR) is 93.9 cm³/mol. The average molecular weight is 371 g/mol. The van der Waals surface area contributed by atoms with Crippen LogP contribution in [0, 0.1) is 15.9 Å². The number of methoxy groups -OCH3 is 1. The number of nitrogens with zero attached hydrogens (tertiary/aromatic N) is 2. The van der Waals surface area contributed by atoms with Gasteiger partial charge in [-0.15, -0.1) is 0 Å². The van der Waals surface area contributed by atoms with Gasteiger partial charge in [0.05, 0.1) is 24.1 Å². The number of nitro groups is 1. The average Bonchev–Trinajstić information content (AvgIpc) is 3.11. The topological polar surface area (TPSA) is 108 Å². The van der Waals surface area contributed by atoms with Gasteiger partial charge in [-0.2, -0.15) is 4.39 Å². The highest BCUT2D eigenvalue weighted by Crippen LogP contribution is 2.25. The van der Waals surface area contributed by atoms with Gasteiger partial charge in [0.15, 0.2) is 5.76 Å². The molecular formula is C18H14FN3O5. The Morgan fingerprint density at radius 3 is 2.85 bits per heavy atom. The molecule has 0 saturated carbocycles. The van der Waals surface area contributed by atoms with Gasteiger partial charge in [0.1, 0.15) is 5.75 Å². The van der Waals surface area contributed by atoms with E-state index in [9.17, 15) is 19.3 Å². The maximum absolute atomic E-state index is 13.3. The number of carbonyl (C=O) groups is 1. The zero-order valence-corrected chi connectivity index (χ0v) is 14.1. The SMILES string of the molecule is COc1cccc(-c2cc(CC(=O)Nc3ccc(F)c([N+](=O)[O-])c3)no2)c1. The Morgan fingerprint density at radius 2 is 2.11 bits per heavy atom. The van der Waals surface area contributed by atoms with E-state index in [2.05, 4.69) is 10.5 Å². The number of benzene rings is 2. The van der Waals surface area contributed by atoms with Crippen LogP contribution in [0.3, 0.4) is 0 Å². The molecule has 3 rings (SSSR count). The van der Waals surface area contributed by atoms with E-state index in [-0.39, 0.29) is 12.1 Å². The van der Waals surface area contributed by atoms with Crippen LogP contribution in [0.4, 0.5) is 15.8 Å². The highest BCUT2D eigenvalue weighted by atomic mass is 19.1. The predicted octanol–water partition coefficient (Wildman–Crippen LogP) is 3.58. The second-order valence-corrected chi connectivity index (χ2v) is 5.56. The standard InChI is InChI=1S/C18H14FN3O5/c1-26-14-4-2-3-11(7-14)17-9-13(21-27-17)10-18(23)20-12-5-6-15(19)16(8-12)22(24)25/h2-9H,10H2,1H3,(H,20,23). The molecule has 8 nitrogen and oxygen atoms in total. The van der Waals surface area contributed by atoms with Crippen LogP contribution in [0.25, 0.3) is 11.3 Å². The summed E-state index contributed by atoms with van der Waals surface area (Å²) in [6, 6.07) is 11.9. The molecule has 138 valence electrons. The molecule has 0 aliphatic heterocycles. The first kappa shape index (κ1) is 18.1. The van der Waals surface area contributed by atoms with Crippen molar-refractivity contribution in [3.05, 3.63) is 70.2 Å². The van der Waals surface area contributed by atoms with Crippen molar-refractivity contribution < 1.29 is 23.4 Å². The normalized spacial score (nSPS) is 10.4. The van der Waals surface area contributed by atoms with E-state index in [0.29, 0.717) is 17.2 Å². The van der Waals surface area contributed by atoms with Crippen molar-refractivity contribution in [1.82, 2.24) is 5.16 Å². The third kappa shape index (κ3) is 4.27. The van der Waals surface area contributed by atoms with Gasteiger partial charge in [0.2, 0.25) is 11.7 Å². The molecule has 0 bridgehead atoms. The minimum atomic E-state index is -0.975. The summed E-state index contributed by atoms with van der Waals surface area (Å²) in [6.07, 6.45) is -0.112. The van der Waals surface area contributed by atoms with E-state index in [0.717, 1.165) is 17.7 Å². The van der Waals surface area contributed by atoms with E-state index in [4.69, 9.17) is 9.26 Å². The van der Waals surface area contributed by atoms with Crippen molar-refractivity contribution in [1.29, 1.82) is 0 Å². The lowest BCUT2D eigenvalue weighted by molar-refractivity contribution is -0.387. The summed E-state index contributed by atoms with van der Waals surface area (Å²) in [5, 5.41) is 17.1. The highest BCUT2D eigenvalue weighted by Gasteiger charge is 2.16. The molecule has 0 aliphatic rings. The van der Waals surface area contributed by atoms with E-state index < -0.39 is 22.3 Å². The van der Waals surface area contributed by atoms with Gasteiger partial charge in [-0.3, -0.25) is 14.9 Å². The number of anilines is 1. The lowest BCUT2D eigenvalue weighted by Crippen LogP contribution is -2.14. The molecule has 0 atom stereocenters. The summed E-state index contributed by atoms with van der Waals surface area (Å²) in [5.41, 5.74) is 0.517. The Balaban J connectivity index is 1.69. The van der Waals surface area contributed by atoms with Crippen molar-refractivity contribution in [2.45, 2.75) is 6.42 Å². The second kappa shape index (κ2) is 7.65. The lowest BCUT2D eigenvalue weighted by atomic mass is 10.1. The smallest absolute Gasteiger partial charge is 0.306 e. The Labute approximate surface area is 152 Å². The van der Waals surface area contributed by atoms with E-state index >= 15 is 0 Å². The maximum Gasteiger partial charge on any atom is 0.306 e. The third-order valence-electron chi connectivity index (χ3n) is 3.68. The molecule has 9 heteroatoms.